The van der Waals surface area contributed by atoms with Gasteiger partial charge in [0, 0.05) is 19.3 Å². The van der Waals surface area contributed by atoms with E-state index >= 15 is 0 Å². The molecule has 5 heteroatoms. The molecule has 1 rings (SSSR count). The fraction of sp³-hybridized carbons (Fsp3) is 0.818. The van der Waals surface area contributed by atoms with Crippen molar-refractivity contribution in [3.05, 3.63) is 0 Å². The summed E-state index contributed by atoms with van der Waals surface area (Å²) < 4.78 is 15.6. The van der Waals surface area contributed by atoms with E-state index in [2.05, 4.69) is 0 Å². The van der Waals surface area contributed by atoms with E-state index in [0.29, 0.717) is 32.5 Å². The average molecular weight is 230 g/mol. The summed E-state index contributed by atoms with van der Waals surface area (Å²) in [4.78, 5) is 22.3. The molecule has 0 spiro atoms. The summed E-state index contributed by atoms with van der Waals surface area (Å²) in [7, 11) is 0. The lowest BCUT2D eigenvalue weighted by molar-refractivity contribution is -0.181. The zero-order chi connectivity index (χ0) is 12.0. The highest BCUT2D eigenvalue weighted by Crippen LogP contribution is 2.16. The van der Waals surface area contributed by atoms with E-state index in [9.17, 15) is 9.59 Å². The van der Waals surface area contributed by atoms with Gasteiger partial charge in [-0.15, -0.1) is 0 Å². The van der Waals surface area contributed by atoms with Crippen LogP contribution < -0.4 is 0 Å². The lowest BCUT2D eigenvalue weighted by Gasteiger charge is -2.30. The molecule has 1 saturated heterocycles. The minimum atomic E-state index is -0.461. The van der Waals surface area contributed by atoms with E-state index < -0.39 is 6.10 Å². The van der Waals surface area contributed by atoms with Crippen molar-refractivity contribution in [2.24, 2.45) is 0 Å². The highest BCUT2D eigenvalue weighted by atomic mass is 16.6. The molecule has 0 saturated carbocycles. The number of hydrogen-bond donors (Lipinski definition) is 0. The Bertz CT molecular complexity index is 225. The Hall–Kier alpha value is -1.10. The molecule has 0 unspecified atom stereocenters. The molecular weight excluding hydrogens is 212 g/mol. The average Bonchev–Trinajstić information content (AvgIpc) is 2.31. The Morgan fingerprint density at radius 3 is 2.25 bits per heavy atom. The quantitative estimate of drug-likeness (QED) is 0.675. The molecular formula is C11H18O5. The van der Waals surface area contributed by atoms with E-state index in [1.54, 1.807) is 13.8 Å². The molecule has 16 heavy (non-hydrogen) atoms. The Labute approximate surface area is 95.0 Å². The number of carbonyl (C=O) groups is 2. The number of carbonyl (C=O) groups excluding carboxylic acids is 2. The zero-order valence-corrected chi connectivity index (χ0v) is 9.73. The number of esters is 2. The molecule has 0 aromatic carbocycles. The predicted molar refractivity (Wildman–Crippen MR) is 55.8 cm³/mol. The number of hydrogen-bond acceptors (Lipinski definition) is 5. The maximum Gasteiger partial charge on any atom is 0.305 e. The number of rotatable bonds is 4. The van der Waals surface area contributed by atoms with E-state index in [1.807, 2.05) is 0 Å². The van der Waals surface area contributed by atoms with Crippen molar-refractivity contribution >= 4 is 11.9 Å². The van der Waals surface area contributed by atoms with Crippen LogP contribution in [0.1, 0.15) is 33.1 Å². The lowest BCUT2D eigenvalue weighted by Crippen LogP contribution is -2.42. The first-order valence-electron chi connectivity index (χ1n) is 5.64. The van der Waals surface area contributed by atoms with Crippen molar-refractivity contribution in [1.82, 2.24) is 0 Å². The number of ether oxygens (including phenoxy) is 3. The molecule has 0 amide bonds. The van der Waals surface area contributed by atoms with Crippen molar-refractivity contribution in [2.75, 3.05) is 13.2 Å². The van der Waals surface area contributed by atoms with Gasteiger partial charge in [-0.25, -0.2) is 0 Å². The Kier molecular flexibility index (Phi) is 5.25. The summed E-state index contributed by atoms with van der Waals surface area (Å²) in [5.74, 6) is -0.572. The predicted octanol–water partition coefficient (Wildman–Crippen LogP) is 1.05. The van der Waals surface area contributed by atoms with Gasteiger partial charge in [-0.05, 0) is 0 Å². The van der Waals surface area contributed by atoms with Crippen LogP contribution in [-0.4, -0.2) is 37.4 Å². The standard InChI is InChI=1S/C11H18O5/c1-3-10(12)15-8-5-6-14-7-9(8)16-11(13)4-2/h8-9H,3-7H2,1-2H3/t8-,9-/m1/s1. The van der Waals surface area contributed by atoms with Gasteiger partial charge in [0.15, 0.2) is 6.10 Å². The third-order valence-electron chi connectivity index (χ3n) is 2.39. The highest BCUT2D eigenvalue weighted by molar-refractivity contribution is 5.70. The molecule has 5 nitrogen and oxygen atoms in total. The van der Waals surface area contributed by atoms with Gasteiger partial charge in [-0.1, -0.05) is 13.8 Å². The van der Waals surface area contributed by atoms with Gasteiger partial charge in [-0.2, -0.15) is 0 Å². The van der Waals surface area contributed by atoms with Crippen LogP contribution in [0.25, 0.3) is 0 Å². The van der Waals surface area contributed by atoms with Crippen LogP contribution in [0.4, 0.5) is 0 Å². The van der Waals surface area contributed by atoms with Gasteiger partial charge < -0.3 is 14.2 Å². The van der Waals surface area contributed by atoms with Gasteiger partial charge in [-0.3, -0.25) is 9.59 Å². The van der Waals surface area contributed by atoms with Crippen LogP contribution in [0.5, 0.6) is 0 Å². The van der Waals surface area contributed by atoms with Crippen molar-refractivity contribution in [3.8, 4) is 0 Å². The SMILES string of the molecule is CCC(=O)O[C@@H]1CCOC[C@H]1OC(=O)CC. The fourth-order valence-electron chi connectivity index (χ4n) is 1.44. The first kappa shape index (κ1) is 13.0. The molecule has 2 atom stereocenters. The molecule has 0 aliphatic carbocycles. The molecule has 0 radical (unpaired) electrons. The van der Waals surface area contributed by atoms with Crippen LogP contribution in [0.15, 0.2) is 0 Å². The summed E-state index contributed by atoms with van der Waals surface area (Å²) in [6.07, 6.45) is 0.387. The van der Waals surface area contributed by atoms with E-state index in [0.717, 1.165) is 0 Å². The second-order valence-corrected chi connectivity index (χ2v) is 3.63. The highest BCUT2D eigenvalue weighted by Gasteiger charge is 2.31. The smallest absolute Gasteiger partial charge is 0.305 e. The van der Waals surface area contributed by atoms with E-state index in [-0.39, 0.29) is 18.0 Å². The molecule has 1 heterocycles. The summed E-state index contributed by atoms with van der Waals surface area (Å²) in [5, 5.41) is 0. The fourth-order valence-corrected chi connectivity index (χ4v) is 1.44. The topological polar surface area (TPSA) is 61.8 Å². The maximum atomic E-state index is 11.2. The minimum Gasteiger partial charge on any atom is -0.458 e. The Morgan fingerprint density at radius 2 is 1.69 bits per heavy atom. The summed E-state index contributed by atoms with van der Waals surface area (Å²) in [6.45, 7) is 4.28. The molecule has 92 valence electrons. The monoisotopic (exact) mass is 230 g/mol. The molecule has 0 bridgehead atoms. The maximum absolute atomic E-state index is 11.2. The van der Waals surface area contributed by atoms with Gasteiger partial charge in [0.05, 0.1) is 13.2 Å². The van der Waals surface area contributed by atoms with E-state index in [1.165, 1.54) is 0 Å². The summed E-state index contributed by atoms with van der Waals surface area (Å²) in [5.41, 5.74) is 0. The van der Waals surface area contributed by atoms with Crippen molar-refractivity contribution in [3.63, 3.8) is 0 Å². The third-order valence-corrected chi connectivity index (χ3v) is 2.39. The molecule has 1 aliphatic rings. The molecule has 1 aliphatic heterocycles. The third kappa shape index (κ3) is 3.81. The van der Waals surface area contributed by atoms with Gasteiger partial charge in [0.25, 0.3) is 0 Å². The van der Waals surface area contributed by atoms with Crippen LogP contribution in [0.2, 0.25) is 0 Å². The van der Waals surface area contributed by atoms with Crippen LogP contribution in [-0.2, 0) is 23.8 Å². The lowest BCUT2D eigenvalue weighted by atomic mass is 10.1. The van der Waals surface area contributed by atoms with Gasteiger partial charge in [0.1, 0.15) is 6.10 Å². The van der Waals surface area contributed by atoms with Crippen LogP contribution in [0, 0.1) is 0 Å². The second kappa shape index (κ2) is 6.48. The normalized spacial score (nSPS) is 24.9. The second-order valence-electron chi connectivity index (χ2n) is 3.63. The zero-order valence-electron chi connectivity index (χ0n) is 9.73. The van der Waals surface area contributed by atoms with Crippen molar-refractivity contribution in [2.45, 2.75) is 45.3 Å². The minimum absolute atomic E-state index is 0.274. The first-order chi connectivity index (χ1) is 7.67. The summed E-state index contributed by atoms with van der Waals surface area (Å²) >= 11 is 0. The molecule has 1 fully saturated rings. The Balaban J connectivity index is 2.49. The van der Waals surface area contributed by atoms with Crippen LogP contribution in [0.3, 0.4) is 0 Å². The van der Waals surface area contributed by atoms with Crippen LogP contribution >= 0.6 is 0 Å². The molecule has 0 N–H and O–H groups in total. The van der Waals surface area contributed by atoms with Gasteiger partial charge in [0.2, 0.25) is 0 Å². The Morgan fingerprint density at radius 1 is 1.12 bits per heavy atom. The first-order valence-corrected chi connectivity index (χ1v) is 5.64. The van der Waals surface area contributed by atoms with Crippen molar-refractivity contribution in [1.29, 1.82) is 0 Å². The summed E-state index contributed by atoms with van der Waals surface area (Å²) in [6, 6.07) is 0. The molecule has 0 aromatic rings. The van der Waals surface area contributed by atoms with Gasteiger partial charge >= 0.3 is 11.9 Å². The van der Waals surface area contributed by atoms with E-state index in [4.69, 9.17) is 14.2 Å². The van der Waals surface area contributed by atoms with Crippen molar-refractivity contribution < 1.29 is 23.8 Å². The largest absolute Gasteiger partial charge is 0.458 e. The molecule has 0 aromatic heterocycles.